The van der Waals surface area contributed by atoms with E-state index >= 15 is 0 Å². The molecule has 15 heavy (non-hydrogen) atoms. The Kier molecular flexibility index (Phi) is 4.62. The molecule has 0 bridgehead atoms. The summed E-state index contributed by atoms with van der Waals surface area (Å²) in [7, 11) is 0. The van der Waals surface area contributed by atoms with Crippen molar-refractivity contribution < 1.29 is 4.79 Å². The Hall–Kier alpha value is -1.56. The van der Waals surface area contributed by atoms with E-state index in [-0.39, 0.29) is 5.91 Å². The Bertz CT molecular complexity index is 341. The predicted octanol–water partition coefficient (Wildman–Crippen LogP) is 0.273. The highest BCUT2D eigenvalue weighted by Crippen LogP contribution is 1.91. The van der Waals surface area contributed by atoms with Gasteiger partial charge in [0.2, 0.25) is 0 Å². The average Bonchev–Trinajstić information content (AvgIpc) is 2.25. The molecule has 0 atom stereocenters. The Balaban J connectivity index is 2.28. The van der Waals surface area contributed by atoms with E-state index in [1.807, 2.05) is 0 Å². The fraction of sp³-hybridized carbons (Fsp3) is 0.333. The fourth-order valence-electron chi connectivity index (χ4n) is 0.971. The van der Waals surface area contributed by atoms with Gasteiger partial charge in [-0.15, -0.1) is 0 Å². The zero-order valence-electron chi connectivity index (χ0n) is 8.14. The highest BCUT2D eigenvalue weighted by atomic mass is 32.1. The monoisotopic (exact) mass is 224 g/mol. The van der Waals surface area contributed by atoms with Crippen LogP contribution in [0.15, 0.2) is 18.6 Å². The first-order chi connectivity index (χ1) is 7.20. The van der Waals surface area contributed by atoms with Crippen molar-refractivity contribution in [2.75, 3.05) is 6.54 Å². The Labute approximate surface area is 93.1 Å². The normalized spacial score (nSPS) is 9.60. The summed E-state index contributed by atoms with van der Waals surface area (Å²) in [4.78, 5) is 19.5. The maximum absolute atomic E-state index is 11.4. The lowest BCUT2D eigenvalue weighted by atomic mass is 10.3. The van der Waals surface area contributed by atoms with Gasteiger partial charge in [0.15, 0.2) is 0 Å². The summed E-state index contributed by atoms with van der Waals surface area (Å²) in [6, 6.07) is 0. The Morgan fingerprint density at radius 1 is 1.53 bits per heavy atom. The fourth-order valence-corrected chi connectivity index (χ4v) is 1.12. The van der Waals surface area contributed by atoms with Gasteiger partial charge in [-0.25, -0.2) is 4.98 Å². The maximum Gasteiger partial charge on any atom is 0.271 e. The van der Waals surface area contributed by atoms with Crippen LogP contribution in [0.2, 0.25) is 0 Å². The SMILES string of the molecule is NC(=S)CCCNC(=O)c1cnccn1. The first-order valence-electron chi connectivity index (χ1n) is 4.52. The summed E-state index contributed by atoms with van der Waals surface area (Å²) >= 11 is 4.71. The Morgan fingerprint density at radius 3 is 2.93 bits per heavy atom. The van der Waals surface area contributed by atoms with Crippen molar-refractivity contribution in [3.63, 3.8) is 0 Å². The molecule has 0 fully saturated rings. The van der Waals surface area contributed by atoms with Gasteiger partial charge in [0, 0.05) is 18.9 Å². The molecule has 80 valence electrons. The van der Waals surface area contributed by atoms with Crippen LogP contribution in [0, 0.1) is 0 Å². The number of hydrogen-bond acceptors (Lipinski definition) is 4. The van der Waals surface area contributed by atoms with Gasteiger partial charge in [0.25, 0.3) is 5.91 Å². The van der Waals surface area contributed by atoms with E-state index in [2.05, 4.69) is 15.3 Å². The van der Waals surface area contributed by atoms with Crippen molar-refractivity contribution in [3.8, 4) is 0 Å². The molecule has 3 N–H and O–H groups in total. The van der Waals surface area contributed by atoms with Crippen molar-refractivity contribution in [3.05, 3.63) is 24.3 Å². The van der Waals surface area contributed by atoms with E-state index < -0.39 is 0 Å². The number of nitrogens with one attached hydrogen (secondary N) is 1. The van der Waals surface area contributed by atoms with Crippen LogP contribution in [0.3, 0.4) is 0 Å². The van der Waals surface area contributed by atoms with E-state index in [0.717, 1.165) is 6.42 Å². The first-order valence-corrected chi connectivity index (χ1v) is 4.93. The molecule has 1 rings (SSSR count). The molecule has 0 spiro atoms. The van der Waals surface area contributed by atoms with Crippen LogP contribution in [0.4, 0.5) is 0 Å². The van der Waals surface area contributed by atoms with E-state index in [4.69, 9.17) is 18.0 Å². The standard InChI is InChI=1S/C9H12N4OS/c10-8(15)2-1-3-13-9(14)7-6-11-4-5-12-7/h4-6H,1-3H2,(H2,10,15)(H,13,14). The summed E-state index contributed by atoms with van der Waals surface area (Å²) < 4.78 is 0. The van der Waals surface area contributed by atoms with Gasteiger partial charge in [0.1, 0.15) is 5.69 Å². The highest BCUT2D eigenvalue weighted by molar-refractivity contribution is 7.80. The second kappa shape index (κ2) is 6.02. The second-order valence-electron chi connectivity index (χ2n) is 2.92. The molecule has 0 aliphatic carbocycles. The third-order valence-electron chi connectivity index (χ3n) is 1.68. The average molecular weight is 224 g/mol. The molecule has 0 saturated heterocycles. The van der Waals surface area contributed by atoms with Crippen LogP contribution < -0.4 is 11.1 Å². The number of amides is 1. The van der Waals surface area contributed by atoms with E-state index in [0.29, 0.717) is 23.6 Å². The van der Waals surface area contributed by atoms with Crippen LogP contribution in [0.5, 0.6) is 0 Å². The third kappa shape index (κ3) is 4.46. The van der Waals surface area contributed by atoms with Crippen LogP contribution in [0.1, 0.15) is 23.3 Å². The molecular formula is C9H12N4OS. The van der Waals surface area contributed by atoms with Crippen molar-refractivity contribution in [2.45, 2.75) is 12.8 Å². The van der Waals surface area contributed by atoms with Gasteiger partial charge in [0.05, 0.1) is 11.2 Å². The molecule has 0 saturated carbocycles. The molecule has 6 heteroatoms. The number of aromatic nitrogens is 2. The third-order valence-corrected chi connectivity index (χ3v) is 1.89. The minimum atomic E-state index is -0.231. The maximum atomic E-state index is 11.4. The summed E-state index contributed by atoms with van der Waals surface area (Å²) in [5, 5.41) is 2.70. The van der Waals surface area contributed by atoms with Crippen molar-refractivity contribution in [1.29, 1.82) is 0 Å². The molecule has 0 aromatic carbocycles. The number of nitrogens with two attached hydrogens (primary N) is 1. The predicted molar refractivity (Wildman–Crippen MR) is 60.4 cm³/mol. The molecule has 1 amide bonds. The highest BCUT2D eigenvalue weighted by Gasteiger charge is 2.04. The molecule has 1 heterocycles. The number of hydrogen-bond donors (Lipinski definition) is 2. The number of carbonyl (C=O) groups excluding carboxylic acids is 1. The number of thiocarbonyl (C=S) groups is 1. The molecule has 0 aliphatic heterocycles. The van der Waals surface area contributed by atoms with Gasteiger partial charge in [-0.2, -0.15) is 0 Å². The number of carbonyl (C=O) groups is 1. The molecule has 0 aliphatic rings. The smallest absolute Gasteiger partial charge is 0.271 e. The zero-order valence-corrected chi connectivity index (χ0v) is 8.96. The summed E-state index contributed by atoms with van der Waals surface area (Å²) in [5.74, 6) is -0.231. The lowest BCUT2D eigenvalue weighted by Gasteiger charge is -2.03. The minimum Gasteiger partial charge on any atom is -0.393 e. The Morgan fingerprint density at radius 2 is 2.33 bits per heavy atom. The lowest BCUT2D eigenvalue weighted by Crippen LogP contribution is -2.26. The molecule has 0 radical (unpaired) electrons. The van der Waals surface area contributed by atoms with Crippen LogP contribution in [-0.2, 0) is 0 Å². The van der Waals surface area contributed by atoms with E-state index in [1.165, 1.54) is 18.6 Å². The van der Waals surface area contributed by atoms with E-state index in [9.17, 15) is 4.79 Å². The van der Waals surface area contributed by atoms with Crippen LogP contribution in [-0.4, -0.2) is 27.4 Å². The van der Waals surface area contributed by atoms with E-state index in [1.54, 1.807) is 0 Å². The molecule has 0 unspecified atom stereocenters. The molecule has 1 aromatic rings. The largest absolute Gasteiger partial charge is 0.393 e. The number of rotatable bonds is 5. The quantitative estimate of drug-likeness (QED) is 0.554. The topological polar surface area (TPSA) is 80.9 Å². The van der Waals surface area contributed by atoms with Gasteiger partial charge in [-0.3, -0.25) is 9.78 Å². The van der Waals surface area contributed by atoms with Crippen molar-refractivity contribution >= 4 is 23.1 Å². The summed E-state index contributed by atoms with van der Waals surface area (Å²) in [5.41, 5.74) is 5.63. The lowest BCUT2D eigenvalue weighted by molar-refractivity contribution is 0.0948. The number of nitrogens with zero attached hydrogens (tertiary/aromatic N) is 2. The zero-order chi connectivity index (χ0) is 11.1. The minimum absolute atomic E-state index is 0.231. The first kappa shape index (κ1) is 11.5. The van der Waals surface area contributed by atoms with Crippen molar-refractivity contribution in [2.24, 2.45) is 5.73 Å². The van der Waals surface area contributed by atoms with Gasteiger partial charge >= 0.3 is 0 Å². The van der Waals surface area contributed by atoms with Crippen molar-refractivity contribution in [1.82, 2.24) is 15.3 Å². The van der Waals surface area contributed by atoms with Gasteiger partial charge in [-0.05, 0) is 12.8 Å². The van der Waals surface area contributed by atoms with Crippen LogP contribution >= 0.6 is 12.2 Å². The molecule has 1 aromatic heterocycles. The molecule has 5 nitrogen and oxygen atoms in total. The van der Waals surface area contributed by atoms with Gasteiger partial charge < -0.3 is 11.1 Å². The van der Waals surface area contributed by atoms with Gasteiger partial charge in [-0.1, -0.05) is 12.2 Å². The summed E-state index contributed by atoms with van der Waals surface area (Å²) in [6.45, 7) is 0.534. The van der Waals surface area contributed by atoms with Crippen LogP contribution in [0.25, 0.3) is 0 Å². The molecular weight excluding hydrogens is 212 g/mol. The summed E-state index contributed by atoms with van der Waals surface area (Å²) in [6.07, 6.45) is 5.79. The second-order valence-corrected chi connectivity index (χ2v) is 3.44.